The van der Waals surface area contributed by atoms with E-state index in [1.54, 1.807) is 0 Å². The van der Waals surface area contributed by atoms with Crippen molar-refractivity contribution in [3.8, 4) is 11.5 Å². The summed E-state index contributed by atoms with van der Waals surface area (Å²) in [5.41, 5.74) is 1.41. The van der Waals surface area contributed by atoms with E-state index in [1.807, 2.05) is 48.5 Å². The Morgan fingerprint density at radius 3 is 1.65 bits per heavy atom. The van der Waals surface area contributed by atoms with Gasteiger partial charge in [-0.05, 0) is 12.1 Å². The highest BCUT2D eigenvalue weighted by atomic mass is 28.4. The number of hydrogen-bond acceptors (Lipinski definition) is 6. The minimum atomic E-state index is -3.40. The topological polar surface area (TPSA) is 72.2 Å². The summed E-state index contributed by atoms with van der Waals surface area (Å²) in [5, 5.41) is -1.23. The predicted molar refractivity (Wildman–Crippen MR) is 85.8 cm³/mol. The van der Waals surface area contributed by atoms with E-state index in [9.17, 15) is 0 Å². The minimum absolute atomic E-state index is 0.625. The zero-order valence-electron chi connectivity index (χ0n) is 13.2. The quantitative estimate of drug-likeness (QED) is 0.669. The van der Waals surface area contributed by atoms with Gasteiger partial charge in [-0.1, -0.05) is 36.4 Å². The first kappa shape index (κ1) is 16.1. The van der Waals surface area contributed by atoms with Gasteiger partial charge in [-0.25, -0.2) is 5.90 Å². The van der Waals surface area contributed by atoms with Crippen LogP contribution in [-0.2, 0) is 23.3 Å². The van der Waals surface area contributed by atoms with Gasteiger partial charge in [0.25, 0.3) is 0 Å². The van der Waals surface area contributed by atoms with Crippen LogP contribution in [-0.4, -0.2) is 30.1 Å². The fraction of sp³-hybridized carbons (Fsp3) is 0.250. The molecular formula is C16H19NO5Si. The maximum Gasteiger partial charge on any atom is 0.546 e. The van der Waals surface area contributed by atoms with Crippen molar-refractivity contribution in [1.82, 2.24) is 0 Å². The lowest BCUT2D eigenvalue weighted by atomic mass is 9.96. The monoisotopic (exact) mass is 333 g/mol. The number of ether oxygens (including phenoxy) is 1. The Bertz CT molecular complexity index is 651. The average Bonchev–Trinajstić information content (AvgIpc) is 2.62. The van der Waals surface area contributed by atoms with Gasteiger partial charge in [-0.2, -0.15) is 0 Å². The molecule has 0 unspecified atom stereocenters. The fourth-order valence-electron chi connectivity index (χ4n) is 3.17. The van der Waals surface area contributed by atoms with Gasteiger partial charge < -0.3 is 18.0 Å². The summed E-state index contributed by atoms with van der Waals surface area (Å²) in [6.45, 7) is 0. The highest BCUT2D eigenvalue weighted by molar-refractivity contribution is 6.64. The van der Waals surface area contributed by atoms with Crippen LogP contribution in [0.2, 0.25) is 0 Å². The summed E-state index contributed by atoms with van der Waals surface area (Å²) in [6, 6.07) is 15.0. The van der Waals surface area contributed by atoms with Crippen LogP contribution >= 0.6 is 0 Å². The minimum Gasteiger partial charge on any atom is -0.457 e. The van der Waals surface area contributed by atoms with Crippen molar-refractivity contribution >= 4 is 8.80 Å². The summed E-state index contributed by atoms with van der Waals surface area (Å²) in [7, 11) is 1.19. The zero-order valence-corrected chi connectivity index (χ0v) is 14.2. The molecule has 0 amide bonds. The Morgan fingerprint density at radius 2 is 1.26 bits per heavy atom. The van der Waals surface area contributed by atoms with Crippen molar-refractivity contribution in [3.05, 3.63) is 59.7 Å². The van der Waals surface area contributed by atoms with Crippen molar-refractivity contribution in [1.29, 1.82) is 0 Å². The third-order valence-electron chi connectivity index (χ3n) is 4.17. The SMILES string of the molecule is CO[Si](OC)(OC)C1(ON)c2ccccc2Oc2ccccc21. The second-order valence-corrected chi connectivity index (χ2v) is 8.10. The molecule has 2 N–H and O–H groups in total. The highest BCUT2D eigenvalue weighted by Gasteiger charge is 2.67. The molecule has 3 rings (SSSR count). The molecule has 0 atom stereocenters. The fourth-order valence-corrected chi connectivity index (χ4v) is 5.75. The standard InChI is InChI=1S/C16H19NO5Si/c1-18-23(19-2,20-3)16(22-17)12-8-4-6-10-14(12)21-15-11-7-5-9-13(15)16/h4-11H,17H2,1-3H3. The van der Waals surface area contributed by atoms with Crippen LogP contribution in [0.3, 0.4) is 0 Å². The molecule has 0 fully saturated rings. The number of nitrogens with two attached hydrogens (primary N) is 1. The lowest BCUT2D eigenvalue weighted by molar-refractivity contribution is -0.0439. The first-order valence-electron chi connectivity index (χ1n) is 7.09. The van der Waals surface area contributed by atoms with Crippen LogP contribution in [0.4, 0.5) is 0 Å². The van der Waals surface area contributed by atoms with Gasteiger partial charge >= 0.3 is 8.80 Å². The molecule has 0 aromatic heterocycles. The van der Waals surface area contributed by atoms with Crippen LogP contribution in [0.1, 0.15) is 11.1 Å². The number of fused-ring (bicyclic) bond motifs is 2. The molecule has 6 nitrogen and oxygen atoms in total. The third kappa shape index (κ3) is 2.06. The van der Waals surface area contributed by atoms with Gasteiger partial charge in [-0.3, -0.25) is 4.84 Å². The summed E-state index contributed by atoms with van der Waals surface area (Å²) >= 11 is 0. The molecular weight excluding hydrogens is 314 g/mol. The van der Waals surface area contributed by atoms with Gasteiger partial charge in [0.2, 0.25) is 5.22 Å². The lowest BCUT2D eigenvalue weighted by Crippen LogP contribution is -2.65. The van der Waals surface area contributed by atoms with Crippen molar-refractivity contribution < 1.29 is 22.9 Å². The summed E-state index contributed by atoms with van der Waals surface area (Å²) in [4.78, 5) is 5.58. The second-order valence-electron chi connectivity index (χ2n) is 5.06. The van der Waals surface area contributed by atoms with Gasteiger partial charge in [0.15, 0.2) is 0 Å². The highest BCUT2D eigenvalue weighted by Crippen LogP contribution is 2.52. The molecule has 0 spiro atoms. The van der Waals surface area contributed by atoms with Crippen molar-refractivity contribution in [2.75, 3.05) is 21.3 Å². The Hall–Kier alpha value is -1.74. The van der Waals surface area contributed by atoms with Crippen molar-refractivity contribution in [3.63, 3.8) is 0 Å². The van der Waals surface area contributed by atoms with E-state index in [2.05, 4.69) is 0 Å². The Labute approximate surface area is 136 Å². The number of hydrogen-bond donors (Lipinski definition) is 1. The molecule has 1 heterocycles. The first-order valence-corrected chi connectivity index (χ1v) is 8.81. The maximum atomic E-state index is 5.98. The molecule has 0 radical (unpaired) electrons. The van der Waals surface area contributed by atoms with Gasteiger partial charge in [-0.15, -0.1) is 0 Å². The van der Waals surface area contributed by atoms with Crippen LogP contribution in [0, 0.1) is 0 Å². The molecule has 1 aliphatic rings. The van der Waals surface area contributed by atoms with E-state index < -0.39 is 14.0 Å². The average molecular weight is 333 g/mol. The van der Waals surface area contributed by atoms with Crippen LogP contribution in [0.5, 0.6) is 11.5 Å². The van der Waals surface area contributed by atoms with Crippen molar-refractivity contribution in [2.24, 2.45) is 5.90 Å². The molecule has 1 aliphatic heterocycles. The molecule has 0 saturated heterocycles. The summed E-state index contributed by atoms with van der Waals surface area (Å²) in [5.74, 6) is 7.07. The second kappa shape index (κ2) is 6.04. The normalized spacial score (nSPS) is 15.5. The maximum absolute atomic E-state index is 5.98. The van der Waals surface area contributed by atoms with E-state index >= 15 is 0 Å². The molecule has 0 saturated carbocycles. The summed E-state index contributed by atoms with van der Waals surface area (Å²) < 4.78 is 23.1. The first-order chi connectivity index (χ1) is 11.2. The predicted octanol–water partition coefficient (Wildman–Crippen LogP) is 2.34. The smallest absolute Gasteiger partial charge is 0.457 e. The Morgan fingerprint density at radius 1 is 0.826 bits per heavy atom. The number of benzene rings is 2. The van der Waals surface area contributed by atoms with Crippen LogP contribution in [0.15, 0.2) is 48.5 Å². The lowest BCUT2D eigenvalue weighted by Gasteiger charge is -2.45. The zero-order chi connectivity index (χ0) is 16.5. The largest absolute Gasteiger partial charge is 0.546 e. The third-order valence-corrected chi connectivity index (χ3v) is 7.30. The van der Waals surface area contributed by atoms with Crippen molar-refractivity contribution in [2.45, 2.75) is 5.22 Å². The van der Waals surface area contributed by atoms with Crippen LogP contribution in [0.25, 0.3) is 0 Å². The number of rotatable bonds is 5. The van der Waals surface area contributed by atoms with Gasteiger partial charge in [0, 0.05) is 32.5 Å². The Balaban J connectivity index is 2.39. The van der Waals surface area contributed by atoms with E-state index in [-0.39, 0.29) is 0 Å². The molecule has 122 valence electrons. The van der Waals surface area contributed by atoms with E-state index in [1.165, 1.54) is 21.3 Å². The molecule has 0 bridgehead atoms. The molecule has 2 aromatic carbocycles. The molecule has 0 aliphatic carbocycles. The summed E-state index contributed by atoms with van der Waals surface area (Å²) in [6.07, 6.45) is 0. The molecule has 23 heavy (non-hydrogen) atoms. The van der Waals surface area contributed by atoms with Gasteiger partial charge in [0.1, 0.15) is 11.5 Å². The Kier molecular flexibility index (Phi) is 4.24. The van der Waals surface area contributed by atoms with E-state index in [4.69, 9.17) is 28.7 Å². The number of para-hydroxylation sites is 2. The molecule has 7 heteroatoms. The van der Waals surface area contributed by atoms with E-state index in [0.29, 0.717) is 22.6 Å². The van der Waals surface area contributed by atoms with E-state index in [0.717, 1.165) is 0 Å². The van der Waals surface area contributed by atoms with Crippen LogP contribution < -0.4 is 10.6 Å². The van der Waals surface area contributed by atoms with Gasteiger partial charge in [0.05, 0.1) is 0 Å². The molecule has 2 aromatic rings.